The van der Waals surface area contributed by atoms with Gasteiger partial charge in [-0.2, -0.15) is 0 Å². The van der Waals surface area contributed by atoms with Crippen LogP contribution in [0.3, 0.4) is 0 Å². The SMILES string of the molecule is C=C(COC(C)c1ccccc1)C(=O)OCC. The van der Waals surface area contributed by atoms with Crippen LogP contribution in [-0.2, 0) is 14.3 Å². The molecule has 1 unspecified atom stereocenters. The molecule has 92 valence electrons. The van der Waals surface area contributed by atoms with Gasteiger partial charge in [-0.25, -0.2) is 4.79 Å². The number of carbonyl (C=O) groups is 1. The highest BCUT2D eigenvalue weighted by atomic mass is 16.5. The van der Waals surface area contributed by atoms with Gasteiger partial charge >= 0.3 is 5.97 Å². The van der Waals surface area contributed by atoms with E-state index in [4.69, 9.17) is 9.47 Å². The Bertz CT molecular complexity index is 370. The molecule has 1 rings (SSSR count). The average molecular weight is 234 g/mol. The lowest BCUT2D eigenvalue weighted by atomic mass is 10.1. The first kappa shape index (κ1) is 13.5. The Morgan fingerprint density at radius 2 is 2.00 bits per heavy atom. The predicted molar refractivity (Wildman–Crippen MR) is 66.6 cm³/mol. The zero-order valence-corrected chi connectivity index (χ0v) is 10.3. The second-order valence-corrected chi connectivity index (χ2v) is 3.69. The molecule has 1 atom stereocenters. The van der Waals surface area contributed by atoms with Crippen molar-refractivity contribution in [1.29, 1.82) is 0 Å². The Balaban J connectivity index is 2.41. The van der Waals surface area contributed by atoms with Crippen LogP contribution in [-0.4, -0.2) is 19.2 Å². The van der Waals surface area contributed by atoms with Crippen LogP contribution in [0, 0.1) is 0 Å². The van der Waals surface area contributed by atoms with Gasteiger partial charge in [0.05, 0.1) is 24.9 Å². The molecule has 0 fully saturated rings. The molecule has 0 aromatic heterocycles. The molecule has 1 aromatic rings. The van der Waals surface area contributed by atoms with Crippen molar-refractivity contribution < 1.29 is 14.3 Å². The van der Waals surface area contributed by atoms with Crippen molar-refractivity contribution in [3.8, 4) is 0 Å². The van der Waals surface area contributed by atoms with Gasteiger partial charge in [-0.1, -0.05) is 36.9 Å². The first-order valence-electron chi connectivity index (χ1n) is 5.66. The first-order valence-corrected chi connectivity index (χ1v) is 5.66. The highest BCUT2D eigenvalue weighted by molar-refractivity contribution is 5.87. The summed E-state index contributed by atoms with van der Waals surface area (Å²) >= 11 is 0. The topological polar surface area (TPSA) is 35.5 Å². The summed E-state index contributed by atoms with van der Waals surface area (Å²) in [6.45, 7) is 7.88. The molecule has 0 amide bonds. The van der Waals surface area contributed by atoms with Gasteiger partial charge < -0.3 is 9.47 Å². The molecule has 0 aliphatic heterocycles. The lowest BCUT2D eigenvalue weighted by Crippen LogP contribution is -2.13. The smallest absolute Gasteiger partial charge is 0.335 e. The fraction of sp³-hybridized carbons (Fsp3) is 0.357. The predicted octanol–water partition coefficient (Wildman–Crippen LogP) is 2.88. The summed E-state index contributed by atoms with van der Waals surface area (Å²) in [5.41, 5.74) is 1.42. The molecule has 0 aliphatic rings. The zero-order valence-electron chi connectivity index (χ0n) is 10.3. The van der Waals surface area contributed by atoms with Crippen LogP contribution in [0.2, 0.25) is 0 Å². The summed E-state index contributed by atoms with van der Waals surface area (Å²) in [6.07, 6.45) is -0.0672. The van der Waals surface area contributed by atoms with Crippen molar-refractivity contribution in [3.05, 3.63) is 48.0 Å². The molecule has 1 aromatic carbocycles. The van der Waals surface area contributed by atoms with E-state index < -0.39 is 5.97 Å². The van der Waals surface area contributed by atoms with E-state index in [1.54, 1.807) is 6.92 Å². The molecular formula is C14H18O3. The fourth-order valence-electron chi connectivity index (χ4n) is 1.34. The van der Waals surface area contributed by atoms with Gasteiger partial charge in [0.25, 0.3) is 0 Å². The third-order valence-electron chi connectivity index (χ3n) is 2.34. The minimum absolute atomic E-state index is 0.0672. The molecule has 0 bridgehead atoms. The Morgan fingerprint density at radius 3 is 2.59 bits per heavy atom. The molecule has 0 saturated carbocycles. The van der Waals surface area contributed by atoms with Crippen molar-refractivity contribution in [2.75, 3.05) is 13.2 Å². The maximum atomic E-state index is 11.3. The van der Waals surface area contributed by atoms with Crippen molar-refractivity contribution in [3.63, 3.8) is 0 Å². The number of esters is 1. The van der Waals surface area contributed by atoms with E-state index in [1.165, 1.54) is 0 Å². The van der Waals surface area contributed by atoms with Crippen LogP contribution in [0.1, 0.15) is 25.5 Å². The minimum Gasteiger partial charge on any atom is -0.463 e. The molecule has 0 heterocycles. The van der Waals surface area contributed by atoms with Gasteiger partial charge in [-0.15, -0.1) is 0 Å². The van der Waals surface area contributed by atoms with Crippen LogP contribution in [0.25, 0.3) is 0 Å². The quantitative estimate of drug-likeness (QED) is 0.561. The largest absolute Gasteiger partial charge is 0.463 e. The second-order valence-electron chi connectivity index (χ2n) is 3.69. The normalized spacial score (nSPS) is 11.9. The number of rotatable bonds is 6. The molecular weight excluding hydrogens is 216 g/mol. The van der Waals surface area contributed by atoms with Crippen LogP contribution >= 0.6 is 0 Å². The number of carbonyl (C=O) groups excluding carboxylic acids is 1. The summed E-state index contributed by atoms with van der Waals surface area (Å²) in [5.74, 6) is -0.396. The first-order chi connectivity index (χ1) is 8.15. The van der Waals surface area contributed by atoms with E-state index in [0.717, 1.165) is 5.56 Å². The van der Waals surface area contributed by atoms with E-state index >= 15 is 0 Å². The second kappa shape index (κ2) is 6.86. The minimum atomic E-state index is -0.396. The average Bonchev–Trinajstić information content (AvgIpc) is 2.36. The molecule has 3 heteroatoms. The maximum Gasteiger partial charge on any atom is 0.335 e. The Morgan fingerprint density at radius 1 is 1.35 bits per heavy atom. The third-order valence-corrected chi connectivity index (χ3v) is 2.34. The standard InChI is InChI=1S/C14H18O3/c1-4-16-14(15)11(2)10-17-12(3)13-8-6-5-7-9-13/h5-9,12H,2,4,10H2,1,3H3. The maximum absolute atomic E-state index is 11.3. The Hall–Kier alpha value is -1.61. The lowest BCUT2D eigenvalue weighted by molar-refractivity contribution is -0.139. The van der Waals surface area contributed by atoms with Gasteiger partial charge in [0.2, 0.25) is 0 Å². The van der Waals surface area contributed by atoms with Gasteiger partial charge in [-0.3, -0.25) is 0 Å². The van der Waals surface area contributed by atoms with E-state index in [9.17, 15) is 4.79 Å². The number of benzene rings is 1. The van der Waals surface area contributed by atoms with Crippen molar-refractivity contribution in [1.82, 2.24) is 0 Å². The summed E-state index contributed by atoms with van der Waals surface area (Å²) in [7, 11) is 0. The lowest BCUT2D eigenvalue weighted by Gasteiger charge is -2.13. The van der Waals surface area contributed by atoms with Crippen LogP contribution < -0.4 is 0 Å². The molecule has 0 saturated heterocycles. The monoisotopic (exact) mass is 234 g/mol. The molecule has 3 nitrogen and oxygen atoms in total. The summed E-state index contributed by atoms with van der Waals surface area (Å²) in [4.78, 5) is 11.3. The van der Waals surface area contributed by atoms with Crippen LogP contribution in [0.4, 0.5) is 0 Å². The molecule has 0 aliphatic carbocycles. The van der Waals surface area contributed by atoms with Crippen molar-refractivity contribution in [2.24, 2.45) is 0 Å². The fourth-order valence-corrected chi connectivity index (χ4v) is 1.34. The van der Waals surface area contributed by atoms with E-state index in [-0.39, 0.29) is 12.7 Å². The highest BCUT2D eigenvalue weighted by Crippen LogP contribution is 2.16. The Kier molecular flexibility index (Phi) is 5.43. The van der Waals surface area contributed by atoms with Crippen molar-refractivity contribution in [2.45, 2.75) is 20.0 Å². The van der Waals surface area contributed by atoms with E-state index in [1.807, 2.05) is 37.3 Å². The summed E-state index contributed by atoms with van der Waals surface area (Å²) in [6, 6.07) is 9.83. The molecule has 17 heavy (non-hydrogen) atoms. The number of hydrogen-bond acceptors (Lipinski definition) is 3. The van der Waals surface area contributed by atoms with Gasteiger partial charge in [0, 0.05) is 0 Å². The van der Waals surface area contributed by atoms with Gasteiger partial charge in [0.1, 0.15) is 0 Å². The van der Waals surface area contributed by atoms with E-state index in [0.29, 0.717) is 12.2 Å². The molecule has 0 N–H and O–H groups in total. The van der Waals surface area contributed by atoms with Gasteiger partial charge in [-0.05, 0) is 19.4 Å². The molecule has 0 spiro atoms. The summed E-state index contributed by atoms with van der Waals surface area (Å²) in [5, 5.41) is 0. The van der Waals surface area contributed by atoms with Gasteiger partial charge in [0.15, 0.2) is 0 Å². The molecule has 0 radical (unpaired) electrons. The Labute approximate surface area is 102 Å². The van der Waals surface area contributed by atoms with E-state index in [2.05, 4.69) is 6.58 Å². The van der Waals surface area contributed by atoms with Crippen LogP contribution in [0.5, 0.6) is 0 Å². The van der Waals surface area contributed by atoms with Crippen molar-refractivity contribution >= 4 is 5.97 Å². The zero-order chi connectivity index (χ0) is 12.7. The summed E-state index contributed by atoms with van der Waals surface area (Å²) < 4.78 is 10.4. The number of hydrogen-bond donors (Lipinski definition) is 0. The highest BCUT2D eigenvalue weighted by Gasteiger charge is 2.11. The third kappa shape index (κ3) is 4.41. The van der Waals surface area contributed by atoms with Crippen LogP contribution in [0.15, 0.2) is 42.5 Å². The number of ether oxygens (including phenoxy) is 2.